The number of carbonyl (C=O) groups excluding carboxylic acids is 2. The molecule has 0 fully saturated rings. The molecular formula is C18H20ClN3O2. The Morgan fingerprint density at radius 2 is 1.92 bits per heavy atom. The quantitative estimate of drug-likeness (QED) is 0.839. The molecule has 2 aromatic rings. The van der Waals surface area contributed by atoms with E-state index in [0.29, 0.717) is 24.7 Å². The van der Waals surface area contributed by atoms with Gasteiger partial charge >= 0.3 is 0 Å². The number of carbonyl (C=O) groups is 2. The molecular weight excluding hydrogens is 326 g/mol. The van der Waals surface area contributed by atoms with Crippen molar-refractivity contribution in [1.29, 1.82) is 0 Å². The lowest BCUT2D eigenvalue weighted by Crippen LogP contribution is -2.33. The first kappa shape index (κ1) is 17.9. The summed E-state index contributed by atoms with van der Waals surface area (Å²) in [4.78, 5) is 29.5. The van der Waals surface area contributed by atoms with Gasteiger partial charge in [0.1, 0.15) is 0 Å². The molecule has 0 aliphatic rings. The number of hydrogen-bond acceptors (Lipinski definition) is 3. The highest BCUT2D eigenvalue weighted by molar-refractivity contribution is 6.31. The molecule has 1 aromatic heterocycles. The molecule has 2 rings (SSSR count). The van der Waals surface area contributed by atoms with Crippen molar-refractivity contribution in [2.45, 2.75) is 26.4 Å². The van der Waals surface area contributed by atoms with Gasteiger partial charge in [-0.1, -0.05) is 35.9 Å². The van der Waals surface area contributed by atoms with Crippen LogP contribution in [0.2, 0.25) is 5.02 Å². The van der Waals surface area contributed by atoms with Crippen LogP contribution in [0.5, 0.6) is 0 Å². The maximum absolute atomic E-state index is 12.0. The number of nitrogens with one attached hydrogen (secondary N) is 1. The molecule has 0 aliphatic carbocycles. The van der Waals surface area contributed by atoms with Crippen LogP contribution in [0, 0.1) is 0 Å². The van der Waals surface area contributed by atoms with Crippen molar-refractivity contribution in [3.05, 3.63) is 64.9 Å². The van der Waals surface area contributed by atoms with Crippen LogP contribution in [0.1, 0.15) is 24.6 Å². The molecule has 0 saturated carbocycles. The van der Waals surface area contributed by atoms with Crippen molar-refractivity contribution in [3.8, 4) is 0 Å². The van der Waals surface area contributed by atoms with Gasteiger partial charge in [-0.15, -0.1) is 0 Å². The minimum atomic E-state index is -0.119. The Morgan fingerprint density at radius 3 is 2.58 bits per heavy atom. The van der Waals surface area contributed by atoms with Crippen LogP contribution in [0.4, 0.5) is 0 Å². The first-order chi connectivity index (χ1) is 11.6. The molecule has 0 unspecified atom stereocenters. The second-order valence-electron chi connectivity index (χ2n) is 5.38. The molecule has 0 atom stereocenters. The molecule has 126 valence electrons. The summed E-state index contributed by atoms with van der Waals surface area (Å²) in [5, 5.41) is 3.42. The summed E-state index contributed by atoms with van der Waals surface area (Å²) >= 11 is 6.13. The fourth-order valence-corrected chi connectivity index (χ4v) is 2.39. The van der Waals surface area contributed by atoms with Crippen LogP contribution in [0.25, 0.3) is 0 Å². The predicted molar refractivity (Wildman–Crippen MR) is 93.2 cm³/mol. The Balaban J connectivity index is 1.84. The number of hydrogen-bond donors (Lipinski definition) is 1. The minimum Gasteiger partial charge on any atom is -0.350 e. The third-order valence-corrected chi connectivity index (χ3v) is 3.93. The number of aromatic nitrogens is 1. The first-order valence-electron chi connectivity index (χ1n) is 7.72. The van der Waals surface area contributed by atoms with Crippen molar-refractivity contribution in [1.82, 2.24) is 15.2 Å². The van der Waals surface area contributed by atoms with Gasteiger partial charge in [-0.05, 0) is 23.8 Å². The fraction of sp³-hybridized carbons (Fsp3) is 0.278. The average molecular weight is 346 g/mol. The van der Waals surface area contributed by atoms with Gasteiger partial charge in [0.05, 0.1) is 12.2 Å². The van der Waals surface area contributed by atoms with E-state index in [9.17, 15) is 9.59 Å². The van der Waals surface area contributed by atoms with Gasteiger partial charge in [0.15, 0.2) is 0 Å². The van der Waals surface area contributed by atoms with Crippen LogP contribution in [0.3, 0.4) is 0 Å². The summed E-state index contributed by atoms with van der Waals surface area (Å²) in [6, 6.07) is 12.9. The third-order valence-electron chi connectivity index (χ3n) is 3.57. The van der Waals surface area contributed by atoms with Gasteiger partial charge in [0.25, 0.3) is 0 Å². The zero-order valence-corrected chi connectivity index (χ0v) is 14.3. The summed E-state index contributed by atoms with van der Waals surface area (Å²) in [5.41, 5.74) is 1.66. The Bertz CT molecular complexity index is 692. The van der Waals surface area contributed by atoms with Crippen molar-refractivity contribution >= 4 is 23.4 Å². The lowest BCUT2D eigenvalue weighted by atomic mass is 10.2. The Morgan fingerprint density at radius 1 is 1.17 bits per heavy atom. The van der Waals surface area contributed by atoms with E-state index >= 15 is 0 Å². The van der Waals surface area contributed by atoms with E-state index in [1.807, 2.05) is 36.4 Å². The van der Waals surface area contributed by atoms with E-state index in [0.717, 1.165) is 11.3 Å². The molecule has 0 bridgehead atoms. The first-order valence-corrected chi connectivity index (χ1v) is 8.09. The molecule has 24 heavy (non-hydrogen) atoms. The number of amides is 2. The molecule has 0 saturated heterocycles. The highest BCUT2D eigenvalue weighted by atomic mass is 35.5. The van der Waals surface area contributed by atoms with Crippen molar-refractivity contribution in [2.24, 2.45) is 0 Å². The molecule has 0 radical (unpaired) electrons. The molecule has 2 amide bonds. The third kappa shape index (κ3) is 5.66. The van der Waals surface area contributed by atoms with Crippen LogP contribution in [-0.4, -0.2) is 28.2 Å². The molecule has 0 aliphatic heterocycles. The van der Waals surface area contributed by atoms with Crippen LogP contribution < -0.4 is 5.32 Å². The lowest BCUT2D eigenvalue weighted by Gasteiger charge is -2.21. The number of benzene rings is 1. The highest BCUT2D eigenvalue weighted by Crippen LogP contribution is 2.17. The lowest BCUT2D eigenvalue weighted by molar-refractivity contribution is -0.130. The fourth-order valence-electron chi connectivity index (χ4n) is 2.20. The van der Waals surface area contributed by atoms with Crippen molar-refractivity contribution in [2.75, 3.05) is 6.54 Å². The smallest absolute Gasteiger partial charge is 0.222 e. The van der Waals surface area contributed by atoms with E-state index in [4.69, 9.17) is 11.6 Å². The number of pyridine rings is 1. The van der Waals surface area contributed by atoms with Crippen molar-refractivity contribution < 1.29 is 9.59 Å². The summed E-state index contributed by atoms with van der Waals surface area (Å²) in [5.74, 6) is -0.210. The molecule has 5 nitrogen and oxygen atoms in total. The van der Waals surface area contributed by atoms with Gasteiger partial charge in [0.2, 0.25) is 11.8 Å². The van der Waals surface area contributed by atoms with Crippen LogP contribution in [0.15, 0.2) is 48.7 Å². The van der Waals surface area contributed by atoms with Crippen molar-refractivity contribution in [3.63, 3.8) is 0 Å². The van der Waals surface area contributed by atoms with Gasteiger partial charge < -0.3 is 10.2 Å². The van der Waals surface area contributed by atoms with Crippen LogP contribution in [-0.2, 0) is 22.7 Å². The Kier molecular flexibility index (Phi) is 6.75. The number of halogens is 1. The molecule has 6 heteroatoms. The van der Waals surface area contributed by atoms with E-state index in [-0.39, 0.29) is 18.2 Å². The van der Waals surface area contributed by atoms with Crippen LogP contribution >= 0.6 is 11.6 Å². The zero-order chi connectivity index (χ0) is 17.4. The summed E-state index contributed by atoms with van der Waals surface area (Å²) in [7, 11) is 0. The van der Waals surface area contributed by atoms with Gasteiger partial charge in [-0.2, -0.15) is 0 Å². The topological polar surface area (TPSA) is 62.3 Å². The molecule has 1 N–H and O–H groups in total. The van der Waals surface area contributed by atoms with Gasteiger partial charge in [-0.3, -0.25) is 14.6 Å². The second kappa shape index (κ2) is 9.03. The van der Waals surface area contributed by atoms with E-state index < -0.39 is 0 Å². The summed E-state index contributed by atoms with van der Waals surface area (Å²) in [6.07, 6.45) is 1.92. The van der Waals surface area contributed by atoms with Gasteiger partial charge in [0, 0.05) is 37.7 Å². The van der Waals surface area contributed by atoms with E-state index in [1.165, 1.54) is 6.92 Å². The maximum atomic E-state index is 12.0. The van der Waals surface area contributed by atoms with E-state index in [2.05, 4.69) is 10.3 Å². The molecule has 0 spiro atoms. The molecule has 1 heterocycles. The highest BCUT2D eigenvalue weighted by Gasteiger charge is 2.13. The van der Waals surface area contributed by atoms with E-state index in [1.54, 1.807) is 17.2 Å². The number of nitrogens with zero attached hydrogens (tertiary/aromatic N) is 2. The normalized spacial score (nSPS) is 10.2. The predicted octanol–water partition coefficient (Wildman–Crippen LogP) is 2.79. The van der Waals surface area contributed by atoms with Gasteiger partial charge in [-0.25, -0.2) is 0 Å². The zero-order valence-electron chi connectivity index (χ0n) is 13.5. The minimum absolute atomic E-state index is 0.0903. The number of rotatable bonds is 7. The maximum Gasteiger partial charge on any atom is 0.222 e. The largest absolute Gasteiger partial charge is 0.350 e. The molecule has 1 aromatic carbocycles. The summed E-state index contributed by atoms with van der Waals surface area (Å²) < 4.78 is 0. The average Bonchev–Trinajstić information content (AvgIpc) is 2.59. The Hall–Kier alpha value is -2.40. The monoisotopic (exact) mass is 345 g/mol. The standard InChI is InChI=1S/C18H20ClN3O2/c1-14(23)22(13-15-6-2-3-8-17(15)19)11-9-18(24)21-12-16-7-4-5-10-20-16/h2-8,10H,9,11-13H2,1H3,(H,21,24). The second-order valence-corrected chi connectivity index (χ2v) is 5.79. The SMILES string of the molecule is CC(=O)N(CCC(=O)NCc1ccccn1)Cc1ccccc1Cl. The summed E-state index contributed by atoms with van der Waals surface area (Å²) in [6.45, 7) is 2.60. The Labute approximate surface area is 146 Å².